The van der Waals surface area contributed by atoms with Gasteiger partial charge < -0.3 is 9.47 Å². The molecule has 0 aliphatic heterocycles. The Bertz CT molecular complexity index is 967. The Labute approximate surface area is 167 Å². The number of hydrogen-bond acceptors (Lipinski definition) is 3. The number of benzene rings is 1. The Hall–Kier alpha value is -2.43. The molecule has 5 heteroatoms. The Morgan fingerprint density at radius 3 is 2.25 bits per heavy atom. The van der Waals surface area contributed by atoms with Crippen LogP contribution in [0.15, 0.2) is 18.3 Å². The first-order chi connectivity index (χ1) is 13.4. The van der Waals surface area contributed by atoms with Crippen molar-refractivity contribution >= 4 is 16.9 Å². The fourth-order valence-corrected chi connectivity index (χ4v) is 4.15. The van der Waals surface area contributed by atoms with Gasteiger partial charge in [0, 0.05) is 19.3 Å². The number of anilines is 1. The second-order valence-corrected chi connectivity index (χ2v) is 7.70. The van der Waals surface area contributed by atoms with Gasteiger partial charge in [-0.1, -0.05) is 17.7 Å². The molecule has 28 heavy (non-hydrogen) atoms. The summed E-state index contributed by atoms with van der Waals surface area (Å²) >= 11 is 0. The molecule has 0 fully saturated rings. The zero-order valence-corrected chi connectivity index (χ0v) is 17.9. The monoisotopic (exact) mass is 381 g/mol. The van der Waals surface area contributed by atoms with E-state index in [-0.39, 0.29) is 6.67 Å². The van der Waals surface area contributed by atoms with E-state index in [1.54, 1.807) is 0 Å². The topological polar surface area (TPSA) is 34.0 Å². The van der Waals surface area contributed by atoms with E-state index < -0.39 is 0 Å². The molecule has 0 amide bonds. The standard InChI is InChI=1S/C23H31FN4/c1-7-27(11-9-8-10-24)22-20-18(5)14-28(23(20)26-19(6)25-22)21-16(3)12-15(2)13-17(21)4/h12-14H,7-11H2,1-6H3/i24-1. The third-order valence-corrected chi connectivity index (χ3v) is 5.30. The van der Waals surface area contributed by atoms with Crippen LogP contribution in [0.3, 0.4) is 0 Å². The average Bonchev–Trinajstić information content (AvgIpc) is 2.94. The van der Waals surface area contributed by atoms with Crippen LogP contribution >= 0.6 is 0 Å². The number of fused-ring (bicyclic) bond motifs is 1. The highest BCUT2D eigenvalue weighted by molar-refractivity contribution is 5.92. The summed E-state index contributed by atoms with van der Waals surface area (Å²) in [5.41, 5.74) is 7.04. The first-order valence-corrected chi connectivity index (χ1v) is 10.1. The Morgan fingerprint density at radius 2 is 1.64 bits per heavy atom. The van der Waals surface area contributed by atoms with Gasteiger partial charge in [0.05, 0.1) is 17.7 Å². The largest absolute Gasteiger partial charge is 0.356 e. The molecule has 0 unspecified atom stereocenters. The number of halogens is 1. The van der Waals surface area contributed by atoms with Crippen molar-refractivity contribution in [3.63, 3.8) is 0 Å². The molecule has 0 radical (unpaired) electrons. The molecule has 0 bridgehead atoms. The fourth-order valence-electron chi connectivity index (χ4n) is 4.15. The van der Waals surface area contributed by atoms with Gasteiger partial charge in [-0.3, -0.25) is 4.39 Å². The van der Waals surface area contributed by atoms with E-state index in [0.717, 1.165) is 47.7 Å². The predicted octanol–water partition coefficient (Wildman–Crippen LogP) is 5.54. The van der Waals surface area contributed by atoms with E-state index in [1.807, 2.05) is 6.92 Å². The second-order valence-electron chi connectivity index (χ2n) is 7.70. The van der Waals surface area contributed by atoms with Crippen molar-refractivity contribution in [2.24, 2.45) is 0 Å². The number of nitrogens with zero attached hydrogens (tertiary/aromatic N) is 4. The van der Waals surface area contributed by atoms with Crippen LogP contribution in [0.5, 0.6) is 0 Å². The molecule has 1 aromatic carbocycles. The summed E-state index contributed by atoms with van der Waals surface area (Å²) in [6, 6.07) is 4.43. The SMILES string of the molecule is CCN(CCCC[18F])c1nc(C)nc2c1c(C)cn2-c1c(C)cc(C)cc1C. The van der Waals surface area contributed by atoms with Crippen LogP contribution in [-0.4, -0.2) is 34.3 Å². The van der Waals surface area contributed by atoms with Crippen molar-refractivity contribution in [3.8, 4) is 5.69 Å². The van der Waals surface area contributed by atoms with Gasteiger partial charge >= 0.3 is 0 Å². The number of alkyl halides is 1. The number of aryl methyl sites for hydroxylation is 5. The van der Waals surface area contributed by atoms with Gasteiger partial charge in [-0.05, 0) is 71.1 Å². The number of unbranched alkanes of at least 4 members (excludes halogenated alkanes) is 1. The van der Waals surface area contributed by atoms with E-state index in [9.17, 15) is 4.39 Å². The first-order valence-electron chi connectivity index (χ1n) is 10.1. The highest BCUT2D eigenvalue weighted by atomic mass is 18.2. The third kappa shape index (κ3) is 3.75. The van der Waals surface area contributed by atoms with Crippen molar-refractivity contribution in [3.05, 3.63) is 46.4 Å². The summed E-state index contributed by atoms with van der Waals surface area (Å²) < 4.78 is 14.8. The zero-order chi connectivity index (χ0) is 20.4. The first kappa shape index (κ1) is 20.3. The summed E-state index contributed by atoms with van der Waals surface area (Å²) in [4.78, 5) is 11.9. The average molecular weight is 382 g/mol. The van der Waals surface area contributed by atoms with Crippen molar-refractivity contribution in [2.45, 2.75) is 54.4 Å². The molecule has 0 spiro atoms. The molecule has 0 aliphatic carbocycles. The van der Waals surface area contributed by atoms with Gasteiger partial charge in [0.25, 0.3) is 0 Å². The highest BCUT2D eigenvalue weighted by Crippen LogP contribution is 2.33. The summed E-state index contributed by atoms with van der Waals surface area (Å²) in [6.07, 6.45) is 3.58. The number of aromatic nitrogens is 3. The molecular formula is C23H31FN4. The van der Waals surface area contributed by atoms with Gasteiger partial charge in [0.15, 0.2) is 5.65 Å². The lowest BCUT2D eigenvalue weighted by Gasteiger charge is -2.23. The molecule has 4 nitrogen and oxygen atoms in total. The summed E-state index contributed by atoms with van der Waals surface area (Å²) in [5.74, 6) is 1.72. The molecule has 3 rings (SSSR count). The maximum absolute atomic E-state index is 12.6. The minimum absolute atomic E-state index is 0.267. The molecule has 0 N–H and O–H groups in total. The summed E-state index contributed by atoms with van der Waals surface area (Å²) in [6.45, 7) is 14.0. The van der Waals surface area contributed by atoms with Crippen molar-refractivity contribution in [1.82, 2.24) is 14.5 Å². The molecule has 2 heterocycles. The van der Waals surface area contributed by atoms with Gasteiger partial charge in [0.2, 0.25) is 0 Å². The molecular weight excluding hydrogens is 350 g/mol. The smallest absolute Gasteiger partial charge is 0.150 e. The zero-order valence-electron chi connectivity index (χ0n) is 17.9. The molecule has 150 valence electrons. The lowest BCUT2D eigenvalue weighted by atomic mass is 10.1. The van der Waals surface area contributed by atoms with Crippen LogP contribution < -0.4 is 4.90 Å². The summed E-state index contributed by atoms with van der Waals surface area (Å²) in [5, 5.41) is 1.09. The molecule has 3 aromatic rings. The van der Waals surface area contributed by atoms with E-state index in [0.29, 0.717) is 6.42 Å². The van der Waals surface area contributed by atoms with Crippen LogP contribution in [0.25, 0.3) is 16.7 Å². The van der Waals surface area contributed by atoms with Crippen molar-refractivity contribution < 1.29 is 4.39 Å². The minimum Gasteiger partial charge on any atom is -0.356 e. The lowest BCUT2D eigenvalue weighted by Crippen LogP contribution is -2.26. The predicted molar refractivity (Wildman–Crippen MR) is 116 cm³/mol. The lowest BCUT2D eigenvalue weighted by molar-refractivity contribution is 0.461. The second kappa shape index (κ2) is 8.29. The molecule has 0 atom stereocenters. The number of hydrogen-bond donors (Lipinski definition) is 0. The van der Waals surface area contributed by atoms with E-state index in [1.165, 1.54) is 22.4 Å². The Kier molecular flexibility index (Phi) is 6.01. The van der Waals surface area contributed by atoms with E-state index in [2.05, 4.69) is 62.4 Å². The highest BCUT2D eigenvalue weighted by Gasteiger charge is 2.20. The van der Waals surface area contributed by atoms with Crippen LogP contribution in [0.1, 0.15) is 47.8 Å². The van der Waals surface area contributed by atoms with E-state index in [4.69, 9.17) is 9.97 Å². The van der Waals surface area contributed by atoms with Crippen molar-refractivity contribution in [2.75, 3.05) is 24.7 Å². The third-order valence-electron chi connectivity index (χ3n) is 5.30. The van der Waals surface area contributed by atoms with Crippen LogP contribution in [0.4, 0.5) is 10.2 Å². The molecule has 0 saturated heterocycles. The normalized spacial score (nSPS) is 11.4. The summed E-state index contributed by atoms with van der Waals surface area (Å²) in [7, 11) is 0. The van der Waals surface area contributed by atoms with Gasteiger partial charge in [0.1, 0.15) is 11.6 Å². The van der Waals surface area contributed by atoms with Crippen molar-refractivity contribution in [1.29, 1.82) is 0 Å². The van der Waals surface area contributed by atoms with Crippen LogP contribution in [0.2, 0.25) is 0 Å². The maximum atomic E-state index is 12.6. The van der Waals surface area contributed by atoms with E-state index >= 15 is 0 Å². The van der Waals surface area contributed by atoms with Gasteiger partial charge in [-0.2, -0.15) is 0 Å². The van der Waals surface area contributed by atoms with Gasteiger partial charge in [-0.25, -0.2) is 9.97 Å². The number of rotatable bonds is 7. The van der Waals surface area contributed by atoms with Gasteiger partial charge in [-0.15, -0.1) is 0 Å². The molecule has 0 saturated carbocycles. The fraction of sp³-hybridized carbons (Fsp3) is 0.478. The molecule has 0 aliphatic rings. The molecule has 2 aromatic heterocycles. The minimum atomic E-state index is -0.267. The Balaban J connectivity index is 2.21. The van der Waals surface area contributed by atoms with Crippen LogP contribution in [-0.2, 0) is 0 Å². The van der Waals surface area contributed by atoms with Crippen LogP contribution in [0, 0.1) is 34.6 Å². The quantitative estimate of drug-likeness (QED) is 0.504. The Morgan fingerprint density at radius 1 is 0.964 bits per heavy atom. The maximum Gasteiger partial charge on any atom is 0.150 e.